The number of hydrogen-bond donors (Lipinski definition) is 2. The van der Waals surface area contributed by atoms with Gasteiger partial charge in [0.15, 0.2) is 0 Å². The number of amides is 1. The Balaban J connectivity index is 2.32. The summed E-state index contributed by atoms with van der Waals surface area (Å²) in [5.74, 6) is 0.915. The van der Waals surface area contributed by atoms with E-state index >= 15 is 0 Å². The van der Waals surface area contributed by atoms with E-state index in [0.717, 1.165) is 12.0 Å². The molecule has 0 saturated carbocycles. The highest BCUT2D eigenvalue weighted by atomic mass is 16.1. The Morgan fingerprint density at radius 2 is 2.28 bits per heavy atom. The van der Waals surface area contributed by atoms with Gasteiger partial charge in [-0.25, -0.2) is 0 Å². The summed E-state index contributed by atoms with van der Waals surface area (Å²) in [7, 11) is 0. The fourth-order valence-corrected chi connectivity index (χ4v) is 1.97. The third-order valence-electron chi connectivity index (χ3n) is 2.82. The standard InChI is InChI=1S/C14H23N3O/c1-11(2)6-13(8-15)7-14(18)17-10-12-4-3-5-16-9-12/h3-5,9,11,13H,6-8,10,15H2,1-2H3,(H,17,18)/t13-/m0/s1. The maximum atomic E-state index is 11.8. The van der Waals surface area contributed by atoms with Crippen LogP contribution in [0, 0.1) is 11.8 Å². The maximum absolute atomic E-state index is 11.8. The van der Waals surface area contributed by atoms with E-state index in [-0.39, 0.29) is 11.8 Å². The van der Waals surface area contributed by atoms with Crippen LogP contribution in [0.5, 0.6) is 0 Å². The van der Waals surface area contributed by atoms with Gasteiger partial charge in [0.2, 0.25) is 5.91 Å². The average Bonchev–Trinajstić information content (AvgIpc) is 2.36. The topological polar surface area (TPSA) is 68.0 Å². The normalized spacial score (nSPS) is 12.4. The van der Waals surface area contributed by atoms with Gasteiger partial charge >= 0.3 is 0 Å². The van der Waals surface area contributed by atoms with Gasteiger partial charge in [0.1, 0.15) is 0 Å². The van der Waals surface area contributed by atoms with Crippen LogP contribution in [0.2, 0.25) is 0 Å². The summed E-state index contributed by atoms with van der Waals surface area (Å²) in [6, 6.07) is 3.81. The minimum Gasteiger partial charge on any atom is -0.352 e. The Labute approximate surface area is 109 Å². The molecule has 1 atom stereocenters. The highest BCUT2D eigenvalue weighted by Crippen LogP contribution is 2.14. The van der Waals surface area contributed by atoms with Gasteiger partial charge in [0, 0.05) is 25.4 Å². The molecule has 100 valence electrons. The van der Waals surface area contributed by atoms with Crippen molar-refractivity contribution in [2.75, 3.05) is 6.54 Å². The molecule has 1 aromatic heterocycles. The summed E-state index contributed by atoms with van der Waals surface area (Å²) in [4.78, 5) is 15.8. The van der Waals surface area contributed by atoms with Crippen LogP contribution in [0.4, 0.5) is 0 Å². The lowest BCUT2D eigenvalue weighted by Crippen LogP contribution is -2.28. The van der Waals surface area contributed by atoms with E-state index in [1.165, 1.54) is 0 Å². The van der Waals surface area contributed by atoms with Gasteiger partial charge in [-0.05, 0) is 36.4 Å². The molecule has 0 saturated heterocycles. The highest BCUT2D eigenvalue weighted by Gasteiger charge is 2.13. The Hall–Kier alpha value is -1.42. The molecular formula is C14H23N3O. The molecule has 3 N–H and O–H groups in total. The molecule has 0 radical (unpaired) electrons. The van der Waals surface area contributed by atoms with Crippen molar-refractivity contribution in [3.05, 3.63) is 30.1 Å². The summed E-state index contributed by atoms with van der Waals surface area (Å²) in [5, 5.41) is 2.90. The first-order valence-electron chi connectivity index (χ1n) is 6.47. The highest BCUT2D eigenvalue weighted by molar-refractivity contribution is 5.76. The molecule has 18 heavy (non-hydrogen) atoms. The Kier molecular flexibility index (Phi) is 6.36. The minimum atomic E-state index is 0.0648. The van der Waals surface area contributed by atoms with Gasteiger partial charge in [-0.3, -0.25) is 9.78 Å². The van der Waals surface area contributed by atoms with Crippen LogP contribution in [0.3, 0.4) is 0 Å². The molecule has 1 amide bonds. The molecule has 0 aromatic carbocycles. The molecule has 0 aliphatic heterocycles. The van der Waals surface area contributed by atoms with Gasteiger partial charge in [0.05, 0.1) is 0 Å². The van der Waals surface area contributed by atoms with Crippen LogP contribution >= 0.6 is 0 Å². The predicted octanol–water partition coefficient (Wildman–Crippen LogP) is 1.71. The number of carbonyl (C=O) groups excluding carboxylic acids is 1. The summed E-state index contributed by atoms with van der Waals surface area (Å²) in [6.07, 6.45) is 4.99. The van der Waals surface area contributed by atoms with E-state index in [1.807, 2.05) is 12.1 Å². The Morgan fingerprint density at radius 3 is 2.83 bits per heavy atom. The first kappa shape index (κ1) is 14.6. The third kappa shape index (κ3) is 5.77. The molecule has 0 unspecified atom stereocenters. The molecule has 4 nitrogen and oxygen atoms in total. The van der Waals surface area contributed by atoms with Crippen molar-refractivity contribution in [1.82, 2.24) is 10.3 Å². The average molecular weight is 249 g/mol. The van der Waals surface area contributed by atoms with E-state index in [4.69, 9.17) is 5.73 Å². The zero-order chi connectivity index (χ0) is 13.4. The predicted molar refractivity (Wildman–Crippen MR) is 72.7 cm³/mol. The minimum absolute atomic E-state index is 0.0648. The van der Waals surface area contributed by atoms with Crippen molar-refractivity contribution in [2.24, 2.45) is 17.6 Å². The first-order valence-corrected chi connectivity index (χ1v) is 6.47. The van der Waals surface area contributed by atoms with Gasteiger partial charge < -0.3 is 11.1 Å². The van der Waals surface area contributed by atoms with Gasteiger partial charge in [-0.1, -0.05) is 19.9 Å². The number of carbonyl (C=O) groups is 1. The maximum Gasteiger partial charge on any atom is 0.220 e. The fourth-order valence-electron chi connectivity index (χ4n) is 1.97. The van der Waals surface area contributed by atoms with Gasteiger partial charge in [0.25, 0.3) is 0 Å². The second kappa shape index (κ2) is 7.82. The number of nitrogens with two attached hydrogens (primary N) is 1. The number of nitrogens with zero attached hydrogens (tertiary/aromatic N) is 1. The lowest BCUT2D eigenvalue weighted by molar-refractivity contribution is -0.122. The summed E-state index contributed by atoms with van der Waals surface area (Å²) in [5.41, 5.74) is 6.70. The number of nitrogens with one attached hydrogen (secondary N) is 1. The second-order valence-electron chi connectivity index (χ2n) is 5.07. The molecule has 0 aliphatic carbocycles. The monoisotopic (exact) mass is 249 g/mol. The second-order valence-corrected chi connectivity index (χ2v) is 5.07. The molecule has 0 spiro atoms. The van der Waals surface area contributed by atoms with Crippen molar-refractivity contribution in [1.29, 1.82) is 0 Å². The number of pyridine rings is 1. The lowest BCUT2D eigenvalue weighted by Gasteiger charge is -2.16. The number of hydrogen-bond acceptors (Lipinski definition) is 3. The SMILES string of the molecule is CC(C)C[C@H](CN)CC(=O)NCc1cccnc1. The van der Waals surface area contributed by atoms with Crippen molar-refractivity contribution < 1.29 is 4.79 Å². The Morgan fingerprint density at radius 1 is 1.50 bits per heavy atom. The first-order chi connectivity index (χ1) is 8.61. The zero-order valence-electron chi connectivity index (χ0n) is 11.2. The lowest BCUT2D eigenvalue weighted by atomic mass is 9.94. The summed E-state index contributed by atoms with van der Waals surface area (Å²) >= 11 is 0. The van der Waals surface area contributed by atoms with E-state index in [2.05, 4.69) is 24.1 Å². The largest absolute Gasteiger partial charge is 0.352 e. The van der Waals surface area contributed by atoms with E-state index < -0.39 is 0 Å². The summed E-state index contributed by atoms with van der Waals surface area (Å²) in [6.45, 7) is 5.40. The van der Waals surface area contributed by atoms with Crippen LogP contribution < -0.4 is 11.1 Å². The molecule has 0 fully saturated rings. The third-order valence-corrected chi connectivity index (χ3v) is 2.82. The summed E-state index contributed by atoms with van der Waals surface area (Å²) < 4.78 is 0. The van der Waals surface area contributed by atoms with Crippen LogP contribution in [0.15, 0.2) is 24.5 Å². The van der Waals surface area contributed by atoms with Crippen molar-refractivity contribution in [3.63, 3.8) is 0 Å². The van der Waals surface area contributed by atoms with Crippen LogP contribution in [0.1, 0.15) is 32.3 Å². The molecule has 0 aliphatic rings. The molecule has 1 rings (SSSR count). The van der Waals surface area contributed by atoms with Crippen LogP contribution in [-0.2, 0) is 11.3 Å². The quantitative estimate of drug-likeness (QED) is 0.773. The van der Waals surface area contributed by atoms with E-state index in [9.17, 15) is 4.79 Å². The van der Waals surface area contributed by atoms with Crippen LogP contribution in [-0.4, -0.2) is 17.4 Å². The number of aromatic nitrogens is 1. The fraction of sp³-hybridized carbons (Fsp3) is 0.571. The molecule has 0 bridgehead atoms. The van der Waals surface area contributed by atoms with Gasteiger partial charge in [-0.2, -0.15) is 0 Å². The van der Waals surface area contributed by atoms with Crippen molar-refractivity contribution in [2.45, 2.75) is 33.2 Å². The van der Waals surface area contributed by atoms with Gasteiger partial charge in [-0.15, -0.1) is 0 Å². The zero-order valence-corrected chi connectivity index (χ0v) is 11.2. The van der Waals surface area contributed by atoms with E-state index in [0.29, 0.717) is 25.4 Å². The Bertz CT molecular complexity index is 351. The molecular weight excluding hydrogens is 226 g/mol. The van der Waals surface area contributed by atoms with E-state index in [1.54, 1.807) is 12.4 Å². The van der Waals surface area contributed by atoms with Crippen LogP contribution in [0.25, 0.3) is 0 Å². The number of rotatable bonds is 7. The van der Waals surface area contributed by atoms with Crippen molar-refractivity contribution in [3.8, 4) is 0 Å². The molecule has 4 heteroatoms. The molecule has 1 heterocycles. The van der Waals surface area contributed by atoms with Crippen molar-refractivity contribution >= 4 is 5.91 Å². The molecule has 1 aromatic rings. The smallest absolute Gasteiger partial charge is 0.220 e.